The van der Waals surface area contributed by atoms with Crippen LogP contribution in [-0.2, 0) is 19.6 Å². The van der Waals surface area contributed by atoms with Crippen LogP contribution >= 0.6 is 11.6 Å². The molecule has 0 aromatic rings. The van der Waals surface area contributed by atoms with Crippen molar-refractivity contribution in [3.63, 3.8) is 0 Å². The molecular weight excluding hydrogens is 338 g/mol. The summed E-state index contributed by atoms with van der Waals surface area (Å²) < 4.78 is 30.0. The third-order valence-electron chi connectivity index (χ3n) is 2.95. The molecule has 122 valence electrons. The minimum absolute atomic E-state index is 0.147. The number of allylic oxidation sites excluding steroid dienone is 2. The fraction of sp³-hybridized carbons (Fsp3) is 0.364. The predicted octanol–water partition coefficient (Wildman–Crippen LogP) is -0.0709. The third kappa shape index (κ3) is 2.72. The number of halogens is 1. The molecule has 0 amide bonds. The lowest BCUT2D eigenvalue weighted by molar-refractivity contribution is -0.426. The van der Waals surface area contributed by atoms with E-state index in [1.165, 1.54) is 0 Å². The molecule has 11 heteroatoms. The molecule has 0 radical (unpaired) electrons. The summed E-state index contributed by atoms with van der Waals surface area (Å²) in [5.41, 5.74) is 3.64. The zero-order chi connectivity index (χ0) is 17.4. The summed E-state index contributed by atoms with van der Waals surface area (Å²) in [4.78, 5) is 21.3. The van der Waals surface area contributed by atoms with E-state index in [0.717, 1.165) is 21.2 Å². The van der Waals surface area contributed by atoms with Crippen molar-refractivity contribution in [2.75, 3.05) is 21.2 Å². The van der Waals surface area contributed by atoms with Gasteiger partial charge in [0.25, 0.3) is 5.70 Å². The first-order valence-electron chi connectivity index (χ1n) is 5.71. The van der Waals surface area contributed by atoms with E-state index in [2.05, 4.69) is 11.3 Å². The van der Waals surface area contributed by atoms with Gasteiger partial charge < -0.3 is 10.5 Å². The molecule has 1 aliphatic rings. The number of carbonyl (C=O) groups is 1. The first-order valence-corrected chi connectivity index (χ1v) is 7.58. The number of hydrogen-bond donors (Lipinski definition) is 1. The molecule has 1 atom stereocenters. The lowest BCUT2D eigenvalue weighted by atomic mass is 9.96. The van der Waals surface area contributed by atoms with Crippen LogP contribution in [0.4, 0.5) is 0 Å². The van der Waals surface area contributed by atoms with Crippen LogP contribution < -0.4 is 5.73 Å². The highest BCUT2D eigenvalue weighted by atomic mass is 35.5. The van der Waals surface area contributed by atoms with E-state index >= 15 is 0 Å². The van der Waals surface area contributed by atoms with Gasteiger partial charge >= 0.3 is 5.97 Å². The van der Waals surface area contributed by atoms with Crippen molar-refractivity contribution < 1.29 is 22.9 Å². The maximum atomic E-state index is 12.4. The summed E-state index contributed by atoms with van der Waals surface area (Å²) >= 11 is 5.89. The Morgan fingerprint density at radius 2 is 2.00 bits per heavy atom. The number of esters is 1. The van der Waals surface area contributed by atoms with Gasteiger partial charge in [0, 0.05) is 14.1 Å². The van der Waals surface area contributed by atoms with Gasteiger partial charge in [-0.2, -0.15) is 0 Å². The Labute approximate surface area is 131 Å². The second kappa shape index (κ2) is 6.07. The molecular formula is C11H14ClN3O6S. The predicted molar refractivity (Wildman–Crippen MR) is 78.6 cm³/mol. The maximum Gasteiger partial charge on any atom is 0.341 e. The third-order valence-corrected chi connectivity index (χ3v) is 5.31. The number of ether oxygens (including phenoxy) is 1. The Kier molecular flexibility index (Phi) is 5.00. The van der Waals surface area contributed by atoms with Gasteiger partial charge in [0.2, 0.25) is 10.0 Å². The van der Waals surface area contributed by atoms with Crippen molar-refractivity contribution in [1.29, 1.82) is 0 Å². The van der Waals surface area contributed by atoms with Crippen LogP contribution in [0.3, 0.4) is 0 Å². The SMILES string of the molecule is C=C1C(N)=C(C(=O)OC)C(S(=O)(=O)N(C)C)=C([N+](=O)[O-])C1Cl. The second-order valence-corrected chi connectivity index (χ2v) is 6.95. The van der Waals surface area contributed by atoms with Gasteiger partial charge in [-0.15, -0.1) is 11.6 Å². The summed E-state index contributed by atoms with van der Waals surface area (Å²) in [6, 6.07) is 0. The molecule has 0 aromatic heterocycles. The topological polar surface area (TPSA) is 133 Å². The number of nitrogens with two attached hydrogens (primary N) is 1. The Bertz CT molecular complexity index is 722. The number of methoxy groups -OCH3 is 1. The lowest BCUT2D eigenvalue weighted by Gasteiger charge is -2.24. The quantitative estimate of drug-likeness (QED) is 0.324. The van der Waals surface area contributed by atoms with Crippen molar-refractivity contribution in [2.45, 2.75) is 5.38 Å². The van der Waals surface area contributed by atoms with E-state index in [-0.39, 0.29) is 11.3 Å². The van der Waals surface area contributed by atoms with Crippen LogP contribution in [0, 0.1) is 10.1 Å². The van der Waals surface area contributed by atoms with Crippen LogP contribution in [0.1, 0.15) is 0 Å². The maximum absolute atomic E-state index is 12.4. The van der Waals surface area contributed by atoms with Crippen molar-refractivity contribution in [2.24, 2.45) is 5.73 Å². The van der Waals surface area contributed by atoms with Gasteiger partial charge in [-0.1, -0.05) is 6.58 Å². The molecule has 1 unspecified atom stereocenters. The molecule has 1 aliphatic carbocycles. The van der Waals surface area contributed by atoms with Gasteiger partial charge in [0.15, 0.2) is 10.3 Å². The van der Waals surface area contributed by atoms with E-state index in [9.17, 15) is 23.3 Å². The Morgan fingerprint density at radius 1 is 1.50 bits per heavy atom. The monoisotopic (exact) mass is 351 g/mol. The van der Waals surface area contributed by atoms with E-state index in [0.29, 0.717) is 4.31 Å². The zero-order valence-electron chi connectivity index (χ0n) is 12.0. The highest BCUT2D eigenvalue weighted by Crippen LogP contribution is 2.38. The standard InChI is InChI=1S/C11H14ClN3O6S/c1-5-7(12)9(15(17)18)10(22(19,20)14(2)3)6(8(5)13)11(16)21-4/h7H,1,13H2,2-4H3. The number of rotatable bonds is 4. The van der Waals surface area contributed by atoms with Crippen molar-refractivity contribution in [1.82, 2.24) is 4.31 Å². The molecule has 0 spiro atoms. The number of nitrogens with zero attached hydrogens (tertiary/aromatic N) is 2. The van der Waals surface area contributed by atoms with Crippen LogP contribution in [0.5, 0.6) is 0 Å². The van der Waals surface area contributed by atoms with Crippen molar-refractivity contribution in [3.8, 4) is 0 Å². The molecule has 0 aromatic carbocycles. The lowest BCUT2D eigenvalue weighted by Crippen LogP contribution is -2.36. The van der Waals surface area contributed by atoms with Gasteiger partial charge in [-0.05, 0) is 5.57 Å². The minimum atomic E-state index is -4.38. The Morgan fingerprint density at radius 3 is 2.36 bits per heavy atom. The number of carbonyl (C=O) groups excluding carboxylic acids is 1. The molecule has 0 fully saturated rings. The molecule has 0 bridgehead atoms. The zero-order valence-corrected chi connectivity index (χ0v) is 13.6. The molecule has 0 saturated heterocycles. The van der Waals surface area contributed by atoms with Gasteiger partial charge in [0.1, 0.15) is 5.57 Å². The summed E-state index contributed by atoms with van der Waals surface area (Å²) in [7, 11) is -1.09. The van der Waals surface area contributed by atoms with Crippen LogP contribution in [0.25, 0.3) is 0 Å². The highest BCUT2D eigenvalue weighted by molar-refractivity contribution is 7.93. The molecule has 22 heavy (non-hydrogen) atoms. The number of hydrogen-bond acceptors (Lipinski definition) is 7. The van der Waals surface area contributed by atoms with Crippen LogP contribution in [0.2, 0.25) is 0 Å². The summed E-state index contributed by atoms with van der Waals surface area (Å²) in [5, 5.41) is 9.78. The van der Waals surface area contributed by atoms with E-state index in [1.54, 1.807) is 0 Å². The summed E-state index contributed by atoms with van der Waals surface area (Å²) in [5.74, 6) is -1.14. The second-order valence-electron chi connectivity index (χ2n) is 4.43. The average molecular weight is 352 g/mol. The van der Waals surface area contributed by atoms with Gasteiger partial charge in [-0.25, -0.2) is 17.5 Å². The summed E-state index contributed by atoms with van der Waals surface area (Å²) in [6.07, 6.45) is 0. The van der Waals surface area contributed by atoms with Crippen LogP contribution in [-0.4, -0.2) is 50.2 Å². The number of sulfonamides is 1. The van der Waals surface area contributed by atoms with Crippen molar-refractivity contribution in [3.05, 3.63) is 44.1 Å². The van der Waals surface area contributed by atoms with Gasteiger partial charge in [0.05, 0.1) is 17.7 Å². The Balaban J connectivity index is 3.96. The van der Waals surface area contributed by atoms with E-state index in [4.69, 9.17) is 17.3 Å². The fourth-order valence-electron chi connectivity index (χ4n) is 1.75. The first kappa shape index (κ1) is 18.1. The van der Waals surface area contributed by atoms with Crippen LogP contribution in [0.15, 0.2) is 34.0 Å². The smallest absolute Gasteiger partial charge is 0.341 e. The summed E-state index contributed by atoms with van der Waals surface area (Å²) in [6.45, 7) is 3.47. The van der Waals surface area contributed by atoms with Gasteiger partial charge in [-0.3, -0.25) is 10.1 Å². The highest BCUT2D eigenvalue weighted by Gasteiger charge is 2.47. The number of nitro groups is 1. The molecule has 2 N–H and O–H groups in total. The normalized spacial score (nSPS) is 19.7. The molecule has 0 saturated carbocycles. The fourth-order valence-corrected chi connectivity index (χ4v) is 3.40. The largest absolute Gasteiger partial charge is 0.465 e. The average Bonchev–Trinajstić information content (AvgIpc) is 2.42. The number of alkyl halides is 1. The molecule has 1 rings (SSSR count). The molecule has 0 aliphatic heterocycles. The van der Waals surface area contributed by atoms with Crippen molar-refractivity contribution >= 4 is 27.6 Å². The molecule has 9 nitrogen and oxygen atoms in total. The molecule has 0 heterocycles. The van der Waals surface area contributed by atoms with E-state index in [1.807, 2.05) is 0 Å². The Hall–Kier alpha value is -1.91. The van der Waals surface area contributed by atoms with E-state index < -0.39 is 42.5 Å². The first-order chi connectivity index (χ1) is 9.98. The minimum Gasteiger partial charge on any atom is -0.465 e.